The van der Waals surface area contributed by atoms with Gasteiger partial charge < -0.3 is 10.1 Å². The van der Waals surface area contributed by atoms with E-state index in [1.807, 2.05) is 25.1 Å². The number of carbonyl (C=O) groups is 1. The van der Waals surface area contributed by atoms with Crippen molar-refractivity contribution in [1.29, 1.82) is 0 Å². The summed E-state index contributed by atoms with van der Waals surface area (Å²) in [5.41, 5.74) is 1.97. The summed E-state index contributed by atoms with van der Waals surface area (Å²) in [7, 11) is 4.52. The number of thioether (sulfide) groups is 1. The lowest BCUT2D eigenvalue weighted by atomic mass is 10.2. The van der Waals surface area contributed by atoms with Crippen LogP contribution in [0.25, 0.3) is 21.3 Å². The molecule has 0 aliphatic heterocycles. The number of rotatable bonds is 6. The average Bonchev–Trinajstić information content (AvgIpc) is 3.16. The number of thiazole rings is 1. The zero-order valence-electron chi connectivity index (χ0n) is 18.0. The van der Waals surface area contributed by atoms with Gasteiger partial charge in [0.15, 0.2) is 5.13 Å². The van der Waals surface area contributed by atoms with Gasteiger partial charge >= 0.3 is 5.69 Å². The molecule has 0 radical (unpaired) electrons. The lowest BCUT2D eigenvalue weighted by Gasteiger charge is -2.13. The van der Waals surface area contributed by atoms with Crippen molar-refractivity contribution in [2.24, 2.45) is 14.1 Å². The second-order valence-corrected chi connectivity index (χ2v) is 9.29. The topological polar surface area (TPSA) is 108 Å². The predicted molar refractivity (Wildman–Crippen MR) is 127 cm³/mol. The largest absolute Gasteiger partial charge is 0.380 e. The number of pyridine rings is 1. The van der Waals surface area contributed by atoms with Crippen molar-refractivity contribution >= 4 is 55.4 Å². The summed E-state index contributed by atoms with van der Waals surface area (Å²) < 4.78 is 8.60. The molecule has 166 valence electrons. The SMILES string of the molecule is COCc1cnc2c(c1SCC(=O)Nc1nc3ccc(C)cc3s1)c(=O)n(C)c(=O)n2C. The Labute approximate surface area is 191 Å². The Bertz CT molecular complexity index is 1470. The van der Waals surface area contributed by atoms with Crippen molar-refractivity contribution in [2.75, 3.05) is 18.2 Å². The van der Waals surface area contributed by atoms with Gasteiger partial charge in [-0.3, -0.25) is 18.7 Å². The number of aryl methyl sites for hydroxylation is 2. The number of amides is 1. The highest BCUT2D eigenvalue weighted by atomic mass is 32.2. The van der Waals surface area contributed by atoms with Crippen LogP contribution in [0.5, 0.6) is 0 Å². The van der Waals surface area contributed by atoms with Crippen LogP contribution in [0.1, 0.15) is 11.1 Å². The first kappa shape index (κ1) is 22.2. The Balaban J connectivity index is 1.65. The summed E-state index contributed by atoms with van der Waals surface area (Å²) in [5, 5.41) is 3.64. The van der Waals surface area contributed by atoms with Crippen LogP contribution < -0.4 is 16.6 Å². The molecule has 0 bridgehead atoms. The summed E-state index contributed by atoms with van der Waals surface area (Å²) in [5.74, 6) is -0.197. The fraction of sp³-hybridized carbons (Fsp3) is 0.286. The molecule has 0 aliphatic carbocycles. The van der Waals surface area contributed by atoms with E-state index in [1.165, 1.54) is 34.7 Å². The van der Waals surface area contributed by atoms with Crippen LogP contribution >= 0.6 is 23.1 Å². The van der Waals surface area contributed by atoms with Crippen LogP contribution in [0.4, 0.5) is 5.13 Å². The van der Waals surface area contributed by atoms with Crippen LogP contribution in [0.2, 0.25) is 0 Å². The van der Waals surface area contributed by atoms with Gasteiger partial charge in [-0.2, -0.15) is 0 Å². The third-order valence-corrected chi connectivity index (χ3v) is 7.03. The lowest BCUT2D eigenvalue weighted by Crippen LogP contribution is -2.37. The van der Waals surface area contributed by atoms with E-state index < -0.39 is 11.2 Å². The molecule has 32 heavy (non-hydrogen) atoms. The van der Waals surface area contributed by atoms with Gasteiger partial charge in [-0.15, -0.1) is 11.8 Å². The Morgan fingerprint density at radius 3 is 2.78 bits per heavy atom. The number of carbonyl (C=O) groups excluding carboxylic acids is 1. The zero-order chi connectivity index (χ0) is 23.0. The molecule has 3 aromatic heterocycles. The molecule has 0 atom stereocenters. The van der Waals surface area contributed by atoms with Crippen LogP contribution in [0, 0.1) is 6.92 Å². The number of ether oxygens (including phenoxy) is 1. The van der Waals surface area contributed by atoms with Crippen molar-refractivity contribution in [3.8, 4) is 0 Å². The van der Waals surface area contributed by atoms with E-state index in [-0.39, 0.29) is 29.3 Å². The molecule has 0 saturated heterocycles. The van der Waals surface area contributed by atoms with Gasteiger partial charge in [0, 0.05) is 37.9 Å². The average molecular weight is 472 g/mol. The van der Waals surface area contributed by atoms with E-state index in [9.17, 15) is 14.4 Å². The zero-order valence-corrected chi connectivity index (χ0v) is 19.6. The van der Waals surface area contributed by atoms with E-state index in [2.05, 4.69) is 15.3 Å². The maximum atomic E-state index is 12.9. The number of nitrogens with one attached hydrogen (secondary N) is 1. The van der Waals surface area contributed by atoms with Gasteiger partial charge in [-0.05, 0) is 24.6 Å². The molecule has 11 heteroatoms. The summed E-state index contributed by atoms with van der Waals surface area (Å²) in [6.45, 7) is 2.22. The maximum absolute atomic E-state index is 12.9. The fourth-order valence-corrected chi connectivity index (χ4v) is 5.29. The maximum Gasteiger partial charge on any atom is 0.332 e. The van der Waals surface area contributed by atoms with Gasteiger partial charge in [-0.25, -0.2) is 14.8 Å². The predicted octanol–water partition coefficient (Wildman–Crippen LogP) is 2.43. The summed E-state index contributed by atoms with van der Waals surface area (Å²) in [6.07, 6.45) is 1.57. The molecule has 0 spiro atoms. The van der Waals surface area contributed by atoms with Crippen LogP contribution in [-0.4, -0.2) is 37.9 Å². The number of anilines is 1. The summed E-state index contributed by atoms with van der Waals surface area (Å²) in [6, 6.07) is 5.92. The number of benzene rings is 1. The molecule has 0 unspecified atom stereocenters. The molecular weight excluding hydrogens is 450 g/mol. The molecular formula is C21H21N5O4S2. The van der Waals surface area contributed by atoms with Crippen molar-refractivity contribution in [1.82, 2.24) is 19.1 Å². The number of aromatic nitrogens is 4. The normalized spacial score (nSPS) is 11.4. The minimum atomic E-state index is -0.464. The van der Waals surface area contributed by atoms with Crippen molar-refractivity contribution in [3.63, 3.8) is 0 Å². The molecule has 0 fully saturated rings. The quantitative estimate of drug-likeness (QED) is 0.430. The minimum Gasteiger partial charge on any atom is -0.380 e. The molecule has 9 nitrogen and oxygen atoms in total. The van der Waals surface area contributed by atoms with Gasteiger partial charge in [0.05, 0.1) is 28.0 Å². The van der Waals surface area contributed by atoms with Crippen molar-refractivity contribution in [3.05, 3.63) is 56.4 Å². The summed E-state index contributed by atoms with van der Waals surface area (Å²) in [4.78, 5) is 47.1. The Morgan fingerprint density at radius 1 is 1.25 bits per heavy atom. The smallest absolute Gasteiger partial charge is 0.332 e. The van der Waals surface area contributed by atoms with Gasteiger partial charge in [-0.1, -0.05) is 17.4 Å². The minimum absolute atomic E-state index is 0.0524. The van der Waals surface area contributed by atoms with Gasteiger partial charge in [0.2, 0.25) is 5.91 Å². The molecule has 3 heterocycles. The van der Waals surface area contributed by atoms with E-state index in [0.29, 0.717) is 15.6 Å². The number of hydrogen-bond acceptors (Lipinski definition) is 8. The Morgan fingerprint density at radius 2 is 2.03 bits per heavy atom. The van der Waals surface area contributed by atoms with Crippen LogP contribution in [-0.2, 0) is 30.2 Å². The molecule has 1 aromatic carbocycles. The van der Waals surface area contributed by atoms with E-state index in [0.717, 1.165) is 20.3 Å². The highest BCUT2D eigenvalue weighted by Crippen LogP contribution is 2.30. The molecule has 4 aromatic rings. The van der Waals surface area contributed by atoms with Crippen molar-refractivity contribution < 1.29 is 9.53 Å². The number of hydrogen-bond donors (Lipinski definition) is 1. The first-order valence-corrected chi connectivity index (χ1v) is 11.5. The second kappa shape index (κ2) is 8.85. The number of nitrogens with zero attached hydrogens (tertiary/aromatic N) is 4. The lowest BCUT2D eigenvalue weighted by molar-refractivity contribution is -0.113. The standard InChI is InChI=1S/C21H21N5O4S2/c1-11-5-6-13-14(7-11)32-20(23-13)24-15(27)10-31-17-12(9-30-4)8-22-18-16(17)19(28)26(3)21(29)25(18)2/h5-8H,9-10H2,1-4H3,(H,23,24,27). The van der Waals surface area contributed by atoms with Gasteiger partial charge in [0.1, 0.15) is 5.65 Å². The van der Waals surface area contributed by atoms with E-state index in [4.69, 9.17) is 4.74 Å². The number of methoxy groups -OCH3 is 1. The highest BCUT2D eigenvalue weighted by molar-refractivity contribution is 8.00. The highest BCUT2D eigenvalue weighted by Gasteiger charge is 2.19. The molecule has 1 N–H and O–H groups in total. The Kier molecular flexibility index (Phi) is 6.13. The second-order valence-electron chi connectivity index (χ2n) is 7.28. The number of fused-ring (bicyclic) bond motifs is 2. The summed E-state index contributed by atoms with van der Waals surface area (Å²) >= 11 is 2.62. The molecule has 1 amide bonds. The van der Waals surface area contributed by atoms with Crippen LogP contribution in [0.3, 0.4) is 0 Å². The monoisotopic (exact) mass is 471 g/mol. The third-order valence-electron chi connectivity index (χ3n) is 4.93. The molecule has 0 saturated carbocycles. The van der Waals surface area contributed by atoms with Crippen molar-refractivity contribution in [2.45, 2.75) is 18.4 Å². The first-order valence-electron chi connectivity index (χ1n) is 9.66. The van der Waals surface area contributed by atoms with Crippen LogP contribution in [0.15, 0.2) is 38.9 Å². The molecule has 4 rings (SSSR count). The molecule has 0 aliphatic rings. The fourth-order valence-electron chi connectivity index (χ4n) is 3.34. The van der Waals surface area contributed by atoms with E-state index in [1.54, 1.807) is 20.4 Å². The third kappa shape index (κ3) is 4.06. The van der Waals surface area contributed by atoms with E-state index >= 15 is 0 Å². The first-order chi connectivity index (χ1) is 15.3. The Hall–Kier alpha value is -3.02. The van der Waals surface area contributed by atoms with Gasteiger partial charge in [0.25, 0.3) is 5.56 Å².